The van der Waals surface area contributed by atoms with Crippen molar-refractivity contribution in [3.8, 4) is 5.75 Å². The average molecular weight is 451 g/mol. The van der Waals surface area contributed by atoms with Crippen molar-refractivity contribution in [2.75, 3.05) is 0 Å². The Hall–Kier alpha value is -2.88. The second kappa shape index (κ2) is 8.70. The van der Waals surface area contributed by atoms with Crippen molar-refractivity contribution in [1.82, 2.24) is 14.9 Å². The van der Waals surface area contributed by atoms with Crippen molar-refractivity contribution < 1.29 is 22.7 Å². The van der Waals surface area contributed by atoms with Crippen LogP contribution in [0.3, 0.4) is 0 Å². The third-order valence-electron chi connectivity index (χ3n) is 5.17. The second-order valence-corrected chi connectivity index (χ2v) is 8.44. The van der Waals surface area contributed by atoms with Crippen LogP contribution in [0, 0.1) is 0 Å². The van der Waals surface area contributed by atoms with Gasteiger partial charge in [0.2, 0.25) is 5.91 Å². The van der Waals surface area contributed by atoms with E-state index < -0.39 is 6.36 Å². The van der Waals surface area contributed by atoms with Crippen LogP contribution in [-0.4, -0.2) is 21.8 Å². The number of carbonyl (C=O) groups excluding carboxylic acids is 1. The van der Waals surface area contributed by atoms with Crippen LogP contribution < -0.4 is 15.6 Å². The molecule has 0 fully saturated rings. The van der Waals surface area contributed by atoms with Crippen LogP contribution in [0.5, 0.6) is 5.75 Å². The second-order valence-electron chi connectivity index (χ2n) is 7.35. The lowest BCUT2D eigenvalue weighted by Gasteiger charge is -2.11. The fourth-order valence-electron chi connectivity index (χ4n) is 3.66. The Labute approximate surface area is 179 Å². The summed E-state index contributed by atoms with van der Waals surface area (Å²) in [6.07, 6.45) is 0.915. The molecule has 1 aromatic carbocycles. The first-order valence-corrected chi connectivity index (χ1v) is 10.7. The number of halogens is 3. The molecule has 0 radical (unpaired) electrons. The molecule has 1 amide bonds. The Bertz CT molecular complexity index is 1150. The first-order valence-electron chi connectivity index (χ1n) is 9.91. The van der Waals surface area contributed by atoms with Crippen LogP contribution in [0.25, 0.3) is 10.2 Å². The summed E-state index contributed by atoms with van der Waals surface area (Å²) in [4.78, 5) is 31.5. The third-order valence-corrected chi connectivity index (χ3v) is 6.37. The van der Waals surface area contributed by atoms with E-state index >= 15 is 0 Å². The molecule has 6 nitrogen and oxygen atoms in total. The molecular formula is C21H20F3N3O3S. The van der Waals surface area contributed by atoms with E-state index in [4.69, 9.17) is 0 Å². The van der Waals surface area contributed by atoms with Gasteiger partial charge in [0.25, 0.3) is 5.56 Å². The van der Waals surface area contributed by atoms with Crippen LogP contribution >= 0.6 is 11.3 Å². The summed E-state index contributed by atoms with van der Waals surface area (Å²) in [5, 5.41) is 3.39. The van der Waals surface area contributed by atoms with Gasteiger partial charge in [0.05, 0.1) is 11.7 Å². The molecule has 4 rings (SSSR count). The number of hydrogen-bond acceptors (Lipinski definition) is 5. The lowest BCUT2D eigenvalue weighted by atomic mass is 9.97. The molecule has 164 valence electrons. The molecule has 1 aliphatic carbocycles. The van der Waals surface area contributed by atoms with Crippen LogP contribution in [0.2, 0.25) is 0 Å². The molecule has 0 unspecified atom stereocenters. The maximum absolute atomic E-state index is 12.9. The molecule has 0 saturated heterocycles. The molecule has 0 saturated carbocycles. The molecule has 2 aromatic heterocycles. The monoisotopic (exact) mass is 451 g/mol. The highest BCUT2D eigenvalue weighted by Crippen LogP contribution is 2.33. The number of aryl methyl sites for hydroxylation is 3. The summed E-state index contributed by atoms with van der Waals surface area (Å²) in [6, 6.07) is 5.28. The molecule has 1 aliphatic rings. The van der Waals surface area contributed by atoms with Gasteiger partial charge >= 0.3 is 6.36 Å². The minimum absolute atomic E-state index is 0.0920. The largest absolute Gasteiger partial charge is 0.573 e. The molecule has 0 spiro atoms. The van der Waals surface area contributed by atoms with Gasteiger partial charge in [0.15, 0.2) is 0 Å². The number of nitrogens with zero attached hydrogens (tertiary/aromatic N) is 2. The van der Waals surface area contributed by atoms with Gasteiger partial charge in [-0.2, -0.15) is 0 Å². The molecule has 2 heterocycles. The molecule has 0 bridgehead atoms. The average Bonchev–Trinajstić information content (AvgIpc) is 3.11. The number of ether oxygens (including phenoxy) is 1. The quantitative estimate of drug-likeness (QED) is 0.616. The van der Waals surface area contributed by atoms with Crippen molar-refractivity contribution in [2.45, 2.75) is 51.6 Å². The Morgan fingerprint density at radius 2 is 1.94 bits per heavy atom. The van der Waals surface area contributed by atoms with Crippen molar-refractivity contribution in [3.05, 3.63) is 57.0 Å². The minimum atomic E-state index is -4.74. The van der Waals surface area contributed by atoms with Gasteiger partial charge in [-0.3, -0.25) is 14.2 Å². The van der Waals surface area contributed by atoms with E-state index in [9.17, 15) is 22.8 Å². The highest BCUT2D eigenvalue weighted by Gasteiger charge is 2.30. The summed E-state index contributed by atoms with van der Waals surface area (Å²) in [5.74, 6) is -0.588. The van der Waals surface area contributed by atoms with E-state index in [1.807, 2.05) is 0 Å². The van der Waals surface area contributed by atoms with Crippen LogP contribution in [0.15, 0.2) is 35.4 Å². The van der Waals surface area contributed by atoms with E-state index in [0.717, 1.165) is 36.1 Å². The fourth-order valence-corrected chi connectivity index (χ4v) is 4.88. The van der Waals surface area contributed by atoms with Gasteiger partial charge < -0.3 is 10.1 Å². The zero-order valence-corrected chi connectivity index (χ0v) is 17.3. The Morgan fingerprint density at radius 3 is 2.68 bits per heavy atom. The van der Waals surface area contributed by atoms with Crippen molar-refractivity contribution in [3.63, 3.8) is 0 Å². The van der Waals surface area contributed by atoms with Crippen LogP contribution in [0.4, 0.5) is 13.2 Å². The van der Waals surface area contributed by atoms with Gasteiger partial charge in [-0.1, -0.05) is 12.1 Å². The summed E-state index contributed by atoms with van der Waals surface area (Å²) >= 11 is 1.58. The smallest absolute Gasteiger partial charge is 0.406 e. The van der Waals surface area contributed by atoms with Gasteiger partial charge in [-0.05, 0) is 48.9 Å². The van der Waals surface area contributed by atoms with E-state index in [1.54, 1.807) is 11.3 Å². The Morgan fingerprint density at radius 1 is 1.19 bits per heavy atom. The lowest BCUT2D eigenvalue weighted by molar-refractivity contribution is -0.274. The minimum Gasteiger partial charge on any atom is -0.406 e. The number of carbonyl (C=O) groups is 1. The Balaban J connectivity index is 1.34. The number of rotatable bonds is 6. The normalized spacial score (nSPS) is 13.8. The third kappa shape index (κ3) is 5.07. The molecule has 3 aromatic rings. The van der Waals surface area contributed by atoms with Gasteiger partial charge in [0.1, 0.15) is 10.6 Å². The van der Waals surface area contributed by atoms with Gasteiger partial charge in [-0.15, -0.1) is 24.5 Å². The first-order chi connectivity index (χ1) is 14.8. The predicted molar refractivity (Wildman–Crippen MR) is 110 cm³/mol. The summed E-state index contributed by atoms with van der Waals surface area (Å²) < 4.78 is 41.9. The van der Waals surface area contributed by atoms with Crippen molar-refractivity contribution in [1.29, 1.82) is 0 Å². The summed E-state index contributed by atoms with van der Waals surface area (Å²) in [7, 11) is 0. The van der Waals surface area contributed by atoms with E-state index in [1.165, 1.54) is 40.0 Å². The fraction of sp³-hybridized carbons (Fsp3) is 0.381. The molecule has 0 aliphatic heterocycles. The maximum atomic E-state index is 12.9. The zero-order chi connectivity index (χ0) is 22.0. The molecular weight excluding hydrogens is 431 g/mol. The maximum Gasteiger partial charge on any atom is 0.573 e. The number of hydrogen-bond donors (Lipinski definition) is 1. The molecule has 10 heteroatoms. The topological polar surface area (TPSA) is 73.2 Å². The van der Waals surface area contributed by atoms with Crippen LogP contribution in [-0.2, 0) is 30.7 Å². The van der Waals surface area contributed by atoms with Crippen LogP contribution in [0.1, 0.15) is 35.3 Å². The van der Waals surface area contributed by atoms with Gasteiger partial charge in [0, 0.05) is 24.4 Å². The van der Waals surface area contributed by atoms with E-state index in [0.29, 0.717) is 10.9 Å². The summed E-state index contributed by atoms with van der Waals surface area (Å²) in [5.41, 5.74) is 1.63. The van der Waals surface area contributed by atoms with Crippen molar-refractivity contribution in [2.24, 2.45) is 0 Å². The Kier molecular flexibility index (Phi) is 5.99. The number of thiophene rings is 1. The highest BCUT2D eigenvalue weighted by molar-refractivity contribution is 7.18. The number of benzene rings is 1. The number of aromatic nitrogens is 2. The number of alkyl halides is 3. The summed E-state index contributed by atoms with van der Waals surface area (Å²) in [6.45, 7) is 0.367. The first kappa shape index (κ1) is 21.4. The highest BCUT2D eigenvalue weighted by atomic mass is 32.1. The molecule has 31 heavy (non-hydrogen) atoms. The standard InChI is InChI=1S/C21H20F3N3O3S/c22-21(23,24)30-14-7-5-13(6-8-14)11-25-17(28)9-10-27-12-26-19-18(20(27)29)15-3-1-2-4-16(15)31-19/h5-8,12H,1-4,9-11H2,(H,25,28). The van der Waals surface area contributed by atoms with E-state index in [2.05, 4.69) is 15.0 Å². The lowest BCUT2D eigenvalue weighted by Crippen LogP contribution is -2.27. The number of amides is 1. The SMILES string of the molecule is O=C(CCn1cnc2sc3c(c2c1=O)CCCC3)NCc1ccc(OC(F)(F)F)cc1. The predicted octanol–water partition coefficient (Wildman–Crippen LogP) is 3.94. The van der Waals surface area contributed by atoms with Gasteiger partial charge in [-0.25, -0.2) is 4.98 Å². The number of nitrogens with one attached hydrogen (secondary N) is 1. The van der Waals surface area contributed by atoms with E-state index in [-0.39, 0.29) is 36.7 Å². The molecule has 0 atom stereocenters. The van der Waals surface area contributed by atoms with Crippen molar-refractivity contribution >= 4 is 27.5 Å². The molecule has 1 N–H and O–H groups in total. The number of fused-ring (bicyclic) bond motifs is 3. The zero-order valence-electron chi connectivity index (χ0n) is 16.5.